The Labute approximate surface area is 123 Å². The van der Waals surface area contributed by atoms with Crippen molar-refractivity contribution in [2.24, 2.45) is 0 Å². The highest BCUT2D eigenvalue weighted by atomic mass is 79.9. The van der Waals surface area contributed by atoms with E-state index in [1.165, 1.54) is 16.7 Å². The van der Waals surface area contributed by atoms with Gasteiger partial charge < -0.3 is 9.73 Å². The molecule has 0 aliphatic carbocycles. The fourth-order valence-corrected chi connectivity index (χ4v) is 2.77. The van der Waals surface area contributed by atoms with E-state index in [0.29, 0.717) is 0 Å². The van der Waals surface area contributed by atoms with E-state index in [4.69, 9.17) is 4.42 Å². The monoisotopic (exact) mass is 321 g/mol. The van der Waals surface area contributed by atoms with Gasteiger partial charge in [-0.15, -0.1) is 0 Å². The molecule has 0 bridgehead atoms. The van der Waals surface area contributed by atoms with Gasteiger partial charge in [-0.25, -0.2) is 0 Å². The lowest BCUT2D eigenvalue weighted by atomic mass is 9.99. The lowest BCUT2D eigenvalue weighted by molar-refractivity contribution is 0.444. The summed E-state index contributed by atoms with van der Waals surface area (Å²) in [6, 6.07) is 8.67. The highest BCUT2D eigenvalue weighted by Crippen LogP contribution is 2.30. The van der Waals surface area contributed by atoms with Crippen LogP contribution in [0.1, 0.15) is 41.8 Å². The Hall–Kier alpha value is -1.06. The topological polar surface area (TPSA) is 25.2 Å². The highest BCUT2D eigenvalue weighted by molar-refractivity contribution is 9.10. The number of hydrogen-bond donors (Lipinski definition) is 1. The summed E-state index contributed by atoms with van der Waals surface area (Å²) in [4.78, 5) is 0. The third-order valence-electron chi connectivity index (χ3n) is 3.08. The number of aryl methyl sites for hydroxylation is 2. The largest absolute Gasteiger partial charge is 0.466 e. The lowest BCUT2D eigenvalue weighted by Crippen LogP contribution is -2.23. The Bertz CT molecular complexity index is 527. The van der Waals surface area contributed by atoms with Crippen molar-refractivity contribution in [3.63, 3.8) is 0 Å². The molecule has 1 unspecified atom stereocenters. The molecule has 1 atom stereocenters. The molecule has 0 aliphatic heterocycles. The molecule has 0 saturated carbocycles. The summed E-state index contributed by atoms with van der Waals surface area (Å²) < 4.78 is 6.66. The predicted octanol–water partition coefficient (Wildman–Crippen LogP) is 4.75. The summed E-state index contributed by atoms with van der Waals surface area (Å²) in [6.45, 7) is 7.39. The minimum Gasteiger partial charge on any atom is -0.466 e. The zero-order valence-corrected chi connectivity index (χ0v) is 13.3. The van der Waals surface area contributed by atoms with E-state index < -0.39 is 0 Å². The van der Waals surface area contributed by atoms with Crippen molar-refractivity contribution in [1.82, 2.24) is 5.32 Å². The van der Waals surface area contributed by atoms with Crippen LogP contribution in [0.5, 0.6) is 0 Å². The molecule has 0 saturated heterocycles. The standard InChI is InChI=1S/C16H20BrNO/c1-4-6-18-15(16-14(17)5-7-19-16)13-9-11(2)8-12(3)10-13/h5,7-10,15,18H,4,6H2,1-3H3. The van der Waals surface area contributed by atoms with Gasteiger partial charge in [0.15, 0.2) is 0 Å². The molecule has 0 aliphatic rings. The zero-order valence-electron chi connectivity index (χ0n) is 11.7. The van der Waals surface area contributed by atoms with Gasteiger partial charge in [-0.3, -0.25) is 0 Å². The van der Waals surface area contributed by atoms with Crippen LogP contribution in [0.2, 0.25) is 0 Å². The summed E-state index contributed by atoms with van der Waals surface area (Å²) in [6.07, 6.45) is 2.82. The van der Waals surface area contributed by atoms with Gasteiger partial charge in [0.2, 0.25) is 0 Å². The minimum atomic E-state index is 0.0999. The normalized spacial score (nSPS) is 12.6. The van der Waals surface area contributed by atoms with E-state index in [-0.39, 0.29) is 6.04 Å². The van der Waals surface area contributed by atoms with Crippen molar-refractivity contribution in [3.8, 4) is 0 Å². The molecule has 2 nitrogen and oxygen atoms in total. The molecule has 1 heterocycles. The zero-order chi connectivity index (χ0) is 13.8. The van der Waals surface area contributed by atoms with Crippen molar-refractivity contribution in [2.45, 2.75) is 33.2 Å². The van der Waals surface area contributed by atoms with Crippen LogP contribution in [-0.4, -0.2) is 6.54 Å². The van der Waals surface area contributed by atoms with E-state index in [0.717, 1.165) is 23.2 Å². The maximum Gasteiger partial charge on any atom is 0.139 e. The first-order valence-corrected chi connectivity index (χ1v) is 7.45. The van der Waals surface area contributed by atoms with E-state index >= 15 is 0 Å². The average Bonchev–Trinajstić information content (AvgIpc) is 2.75. The Balaban J connectivity index is 2.39. The van der Waals surface area contributed by atoms with Gasteiger partial charge in [0, 0.05) is 0 Å². The van der Waals surface area contributed by atoms with E-state index in [2.05, 4.69) is 60.2 Å². The number of furan rings is 1. The number of hydrogen-bond acceptors (Lipinski definition) is 2. The summed E-state index contributed by atoms with van der Waals surface area (Å²) in [5.74, 6) is 0.943. The molecule has 102 valence electrons. The lowest BCUT2D eigenvalue weighted by Gasteiger charge is -2.18. The Morgan fingerprint density at radius 1 is 1.21 bits per heavy atom. The summed E-state index contributed by atoms with van der Waals surface area (Å²) in [5, 5.41) is 3.56. The van der Waals surface area contributed by atoms with Gasteiger partial charge in [0.25, 0.3) is 0 Å². The first-order chi connectivity index (χ1) is 9.11. The van der Waals surface area contributed by atoms with Gasteiger partial charge >= 0.3 is 0 Å². The fraction of sp³-hybridized carbons (Fsp3) is 0.375. The molecule has 0 amide bonds. The van der Waals surface area contributed by atoms with Crippen LogP contribution >= 0.6 is 15.9 Å². The minimum absolute atomic E-state index is 0.0999. The first-order valence-electron chi connectivity index (χ1n) is 6.66. The third-order valence-corrected chi connectivity index (χ3v) is 3.74. The van der Waals surface area contributed by atoms with Crippen LogP contribution in [0.15, 0.2) is 39.4 Å². The summed E-state index contributed by atoms with van der Waals surface area (Å²) >= 11 is 3.56. The molecule has 1 N–H and O–H groups in total. The number of halogens is 1. The number of benzene rings is 1. The quantitative estimate of drug-likeness (QED) is 0.859. The Morgan fingerprint density at radius 2 is 1.89 bits per heavy atom. The maximum absolute atomic E-state index is 5.65. The third kappa shape index (κ3) is 3.48. The van der Waals surface area contributed by atoms with Crippen molar-refractivity contribution in [2.75, 3.05) is 6.54 Å². The number of rotatable bonds is 5. The van der Waals surface area contributed by atoms with Crippen molar-refractivity contribution in [1.29, 1.82) is 0 Å². The van der Waals surface area contributed by atoms with Gasteiger partial charge in [-0.2, -0.15) is 0 Å². The average molecular weight is 322 g/mol. The summed E-state index contributed by atoms with van der Waals surface area (Å²) in [7, 11) is 0. The first kappa shape index (κ1) is 14.4. The van der Waals surface area contributed by atoms with E-state index in [1.807, 2.05) is 6.07 Å². The highest BCUT2D eigenvalue weighted by Gasteiger charge is 2.19. The van der Waals surface area contributed by atoms with Crippen molar-refractivity contribution in [3.05, 3.63) is 57.5 Å². The van der Waals surface area contributed by atoms with E-state index in [1.54, 1.807) is 6.26 Å². The van der Waals surface area contributed by atoms with Crippen LogP contribution in [0.25, 0.3) is 0 Å². The SMILES string of the molecule is CCCNC(c1cc(C)cc(C)c1)c1occc1Br. The van der Waals surface area contributed by atoms with Crippen molar-refractivity contribution < 1.29 is 4.42 Å². The summed E-state index contributed by atoms with van der Waals surface area (Å²) in [5.41, 5.74) is 3.81. The van der Waals surface area contributed by atoms with Crippen LogP contribution in [0.3, 0.4) is 0 Å². The Kier molecular flexibility index (Phi) is 4.83. The fourth-order valence-electron chi connectivity index (χ4n) is 2.34. The second-order valence-corrected chi connectivity index (χ2v) is 5.80. The second kappa shape index (κ2) is 6.40. The van der Waals surface area contributed by atoms with Crippen LogP contribution in [0, 0.1) is 13.8 Å². The maximum atomic E-state index is 5.65. The molecule has 19 heavy (non-hydrogen) atoms. The van der Waals surface area contributed by atoms with Gasteiger partial charge in [0.05, 0.1) is 16.8 Å². The van der Waals surface area contributed by atoms with Gasteiger partial charge in [0.1, 0.15) is 5.76 Å². The van der Waals surface area contributed by atoms with Crippen LogP contribution in [0.4, 0.5) is 0 Å². The molecule has 2 rings (SSSR count). The molecule has 0 fully saturated rings. The van der Waals surface area contributed by atoms with Crippen LogP contribution < -0.4 is 5.32 Å². The molecule has 2 aromatic rings. The van der Waals surface area contributed by atoms with Gasteiger partial charge in [-0.05, 0) is 54.4 Å². The van der Waals surface area contributed by atoms with Gasteiger partial charge in [-0.1, -0.05) is 36.2 Å². The molecular weight excluding hydrogens is 302 g/mol. The molecular formula is C16H20BrNO. The predicted molar refractivity (Wildman–Crippen MR) is 82.5 cm³/mol. The second-order valence-electron chi connectivity index (χ2n) is 4.94. The molecule has 3 heteroatoms. The Morgan fingerprint density at radius 3 is 2.42 bits per heavy atom. The molecule has 1 aromatic carbocycles. The van der Waals surface area contributed by atoms with E-state index in [9.17, 15) is 0 Å². The van der Waals surface area contributed by atoms with Crippen molar-refractivity contribution >= 4 is 15.9 Å². The molecule has 1 aromatic heterocycles. The molecule has 0 spiro atoms. The smallest absolute Gasteiger partial charge is 0.139 e. The van der Waals surface area contributed by atoms with Crippen LogP contribution in [-0.2, 0) is 0 Å². The molecule has 0 radical (unpaired) electrons. The number of nitrogens with one attached hydrogen (secondary N) is 1.